The van der Waals surface area contributed by atoms with E-state index >= 15 is 0 Å². The van der Waals surface area contributed by atoms with Crippen molar-refractivity contribution < 1.29 is 22.7 Å². The first-order valence-corrected chi connectivity index (χ1v) is 16.8. The molecule has 4 rings (SSSR count). The van der Waals surface area contributed by atoms with E-state index in [1.807, 2.05) is 96.1 Å². The van der Waals surface area contributed by atoms with Crippen molar-refractivity contribution in [1.82, 2.24) is 10.2 Å². The Bertz CT molecular complexity index is 1730. The predicted octanol–water partition coefficient (Wildman–Crippen LogP) is 7.01. The van der Waals surface area contributed by atoms with Gasteiger partial charge in [-0.05, 0) is 101 Å². The second-order valence-electron chi connectivity index (χ2n) is 12.3. The smallest absolute Gasteiger partial charge is 0.264 e. The maximum Gasteiger partial charge on any atom is 0.264 e. The molecule has 0 heterocycles. The number of hydrogen-bond acceptors (Lipinski definition) is 5. The second kappa shape index (κ2) is 14.6. The molecule has 4 aromatic carbocycles. The van der Waals surface area contributed by atoms with Crippen molar-refractivity contribution in [3.8, 4) is 11.5 Å². The number of hydrogen-bond donors (Lipinski definition) is 1. The molecule has 0 radical (unpaired) electrons. The summed E-state index contributed by atoms with van der Waals surface area (Å²) in [6, 6.07) is 29.2. The van der Waals surface area contributed by atoms with E-state index in [2.05, 4.69) is 5.32 Å². The molecule has 0 aliphatic carbocycles. The van der Waals surface area contributed by atoms with Crippen LogP contribution in [0.2, 0.25) is 0 Å². The molecule has 4 aromatic rings. The van der Waals surface area contributed by atoms with Gasteiger partial charge in [-0.2, -0.15) is 0 Å². The fourth-order valence-corrected chi connectivity index (χ4v) is 6.43. The first-order chi connectivity index (χ1) is 21.8. The van der Waals surface area contributed by atoms with Crippen molar-refractivity contribution in [2.45, 2.75) is 71.0 Å². The van der Waals surface area contributed by atoms with Crippen LogP contribution in [0.25, 0.3) is 0 Å². The average molecular weight is 642 g/mol. The molecular formula is C37H43N3O5S. The number of carbonyl (C=O) groups is 2. The van der Waals surface area contributed by atoms with E-state index in [4.69, 9.17) is 4.74 Å². The number of amides is 2. The highest BCUT2D eigenvalue weighted by Gasteiger charge is 2.34. The Morgan fingerprint density at radius 2 is 1.39 bits per heavy atom. The lowest BCUT2D eigenvalue weighted by atomic mass is 10.0. The summed E-state index contributed by atoms with van der Waals surface area (Å²) in [5, 5.41) is 3.00. The third-order valence-corrected chi connectivity index (χ3v) is 9.27. The van der Waals surface area contributed by atoms with Crippen molar-refractivity contribution in [1.29, 1.82) is 0 Å². The predicted molar refractivity (Wildman–Crippen MR) is 182 cm³/mol. The van der Waals surface area contributed by atoms with Gasteiger partial charge in [0.15, 0.2) is 0 Å². The molecule has 1 N–H and O–H groups in total. The Labute approximate surface area is 273 Å². The lowest BCUT2D eigenvalue weighted by molar-refractivity contribution is -0.141. The topological polar surface area (TPSA) is 96.0 Å². The zero-order valence-corrected chi connectivity index (χ0v) is 28.2. The van der Waals surface area contributed by atoms with Crippen molar-refractivity contribution >= 4 is 27.5 Å². The summed E-state index contributed by atoms with van der Waals surface area (Å²) < 4.78 is 35.4. The van der Waals surface area contributed by atoms with E-state index in [9.17, 15) is 18.0 Å². The molecule has 0 fully saturated rings. The summed E-state index contributed by atoms with van der Waals surface area (Å²) in [6.07, 6.45) is 0.343. The number of carbonyl (C=O) groups excluding carboxylic acids is 2. The Morgan fingerprint density at radius 1 is 0.804 bits per heavy atom. The number of benzene rings is 4. The molecule has 8 nitrogen and oxygen atoms in total. The van der Waals surface area contributed by atoms with E-state index in [1.165, 1.54) is 17.0 Å². The van der Waals surface area contributed by atoms with Crippen molar-refractivity contribution in [3.05, 3.63) is 120 Å². The molecule has 2 amide bonds. The molecule has 0 unspecified atom stereocenters. The first-order valence-electron chi connectivity index (χ1n) is 15.4. The lowest BCUT2D eigenvalue weighted by Gasteiger charge is -2.35. The lowest BCUT2D eigenvalue weighted by Crippen LogP contribution is -2.55. The minimum absolute atomic E-state index is 0.0542. The summed E-state index contributed by atoms with van der Waals surface area (Å²) in [5.41, 5.74) is 2.51. The summed E-state index contributed by atoms with van der Waals surface area (Å²) in [7, 11) is -4.19. The van der Waals surface area contributed by atoms with Crippen molar-refractivity contribution in [2.24, 2.45) is 0 Å². The molecule has 0 aromatic heterocycles. The highest BCUT2D eigenvalue weighted by Crippen LogP contribution is 2.29. The van der Waals surface area contributed by atoms with E-state index in [1.54, 1.807) is 36.4 Å². The maximum absolute atomic E-state index is 14.4. The highest BCUT2D eigenvalue weighted by atomic mass is 32.2. The molecular weight excluding hydrogens is 598 g/mol. The molecule has 0 saturated carbocycles. The fourth-order valence-electron chi connectivity index (χ4n) is 5.01. The van der Waals surface area contributed by atoms with Crippen LogP contribution in [0.1, 0.15) is 50.8 Å². The number of sulfonamides is 1. The normalized spacial score (nSPS) is 12.2. The molecule has 9 heteroatoms. The van der Waals surface area contributed by atoms with Crippen LogP contribution < -0.4 is 14.4 Å². The summed E-state index contributed by atoms with van der Waals surface area (Å²) >= 11 is 0. The summed E-state index contributed by atoms with van der Waals surface area (Å²) in [5.74, 6) is 0.354. The van der Waals surface area contributed by atoms with E-state index in [0.29, 0.717) is 17.9 Å². The maximum atomic E-state index is 14.4. The first kappa shape index (κ1) is 34.2. The van der Waals surface area contributed by atoms with Crippen LogP contribution in [-0.2, 0) is 26.2 Å². The van der Waals surface area contributed by atoms with Crippen LogP contribution in [0.5, 0.6) is 11.5 Å². The van der Waals surface area contributed by atoms with Gasteiger partial charge in [0.2, 0.25) is 11.8 Å². The second-order valence-corrected chi connectivity index (χ2v) is 14.2. The van der Waals surface area contributed by atoms with E-state index < -0.39 is 34.1 Å². The summed E-state index contributed by atoms with van der Waals surface area (Å²) in [4.78, 5) is 29.5. The van der Waals surface area contributed by atoms with Crippen LogP contribution in [0.3, 0.4) is 0 Å². The molecule has 0 bridgehead atoms. The minimum atomic E-state index is -4.19. The molecule has 0 aliphatic rings. The molecule has 0 saturated heterocycles. The van der Waals surface area contributed by atoms with Crippen LogP contribution in [0.4, 0.5) is 5.69 Å². The van der Waals surface area contributed by atoms with Gasteiger partial charge in [-0.1, -0.05) is 67.1 Å². The molecule has 46 heavy (non-hydrogen) atoms. The monoisotopic (exact) mass is 641 g/mol. The molecule has 242 valence electrons. The number of nitrogens with zero attached hydrogens (tertiary/aromatic N) is 2. The van der Waals surface area contributed by atoms with Crippen molar-refractivity contribution in [3.63, 3.8) is 0 Å². The Hall–Kier alpha value is -4.63. The van der Waals surface area contributed by atoms with Gasteiger partial charge in [0.25, 0.3) is 10.0 Å². The SMILES string of the molecule is CC[C@H](C(=O)NC(C)(C)C)N(Cc1ccccc1C)C(=O)CN(c1ccc(Oc2ccccc2)cc1)S(=O)(=O)c1ccc(C)cc1. The zero-order valence-electron chi connectivity index (χ0n) is 27.4. The number of nitrogens with one attached hydrogen (secondary N) is 1. The van der Waals surface area contributed by atoms with Gasteiger partial charge in [-0.25, -0.2) is 8.42 Å². The van der Waals surface area contributed by atoms with Crippen LogP contribution >= 0.6 is 0 Å². The Balaban J connectivity index is 1.74. The highest BCUT2D eigenvalue weighted by molar-refractivity contribution is 7.92. The Kier molecular flexibility index (Phi) is 10.9. The quantitative estimate of drug-likeness (QED) is 0.180. The van der Waals surface area contributed by atoms with Gasteiger partial charge >= 0.3 is 0 Å². The summed E-state index contributed by atoms with van der Waals surface area (Å²) in [6.45, 7) is 10.9. The molecule has 0 spiro atoms. The minimum Gasteiger partial charge on any atom is -0.457 e. The number of rotatable bonds is 12. The third-order valence-electron chi connectivity index (χ3n) is 7.48. The Morgan fingerprint density at radius 3 is 1.98 bits per heavy atom. The number of aryl methyl sites for hydroxylation is 2. The molecule has 0 aliphatic heterocycles. The number of anilines is 1. The largest absolute Gasteiger partial charge is 0.457 e. The third kappa shape index (κ3) is 8.75. The van der Waals surface area contributed by atoms with Crippen LogP contribution in [0, 0.1) is 13.8 Å². The van der Waals surface area contributed by atoms with Gasteiger partial charge in [-0.3, -0.25) is 13.9 Å². The van der Waals surface area contributed by atoms with Gasteiger partial charge < -0.3 is 15.0 Å². The zero-order chi connectivity index (χ0) is 33.5. The average Bonchev–Trinajstić information content (AvgIpc) is 3.01. The molecule has 1 atom stereocenters. The number of para-hydroxylation sites is 1. The van der Waals surface area contributed by atoms with Crippen LogP contribution in [-0.4, -0.2) is 43.3 Å². The van der Waals surface area contributed by atoms with Gasteiger partial charge in [-0.15, -0.1) is 0 Å². The van der Waals surface area contributed by atoms with Crippen LogP contribution in [0.15, 0.2) is 108 Å². The van der Waals surface area contributed by atoms with E-state index in [0.717, 1.165) is 21.0 Å². The standard InChI is InChI=1S/C37H43N3O5S/c1-7-34(36(42)38-37(4,5)6)39(25-29-14-12-11-13-28(29)3)35(41)26-40(46(43,44)33-23-17-27(2)18-24-33)30-19-21-32(22-20-30)45-31-15-9-8-10-16-31/h8-24,34H,7,25-26H2,1-6H3,(H,38,42)/t34-/m1/s1. The number of ether oxygens (including phenoxy) is 1. The van der Waals surface area contributed by atoms with Gasteiger partial charge in [0.1, 0.15) is 24.1 Å². The van der Waals surface area contributed by atoms with Gasteiger partial charge in [0.05, 0.1) is 10.6 Å². The van der Waals surface area contributed by atoms with Gasteiger partial charge in [0, 0.05) is 12.1 Å². The fraction of sp³-hybridized carbons (Fsp3) is 0.297. The van der Waals surface area contributed by atoms with Crippen molar-refractivity contribution in [2.75, 3.05) is 10.8 Å². The van der Waals surface area contributed by atoms with E-state index in [-0.39, 0.29) is 23.0 Å².